The average Bonchev–Trinajstić information content (AvgIpc) is 3.41. The van der Waals surface area contributed by atoms with Crippen molar-refractivity contribution in [1.82, 2.24) is 29.2 Å². The second-order valence-electron chi connectivity index (χ2n) is 9.74. The van der Waals surface area contributed by atoms with E-state index in [1.165, 1.54) is 11.4 Å². The highest BCUT2D eigenvalue weighted by molar-refractivity contribution is 7.09. The summed E-state index contributed by atoms with van der Waals surface area (Å²) < 4.78 is 34.1. The minimum atomic E-state index is -5.08. The molecule has 2 aromatic rings. The smallest absolute Gasteiger partial charge is 0.475 e. The lowest BCUT2D eigenvalue weighted by Crippen LogP contribution is -2.54. The number of carbonyl (C=O) groups is 2. The molecule has 0 aliphatic carbocycles. The molecule has 2 aliphatic rings. The number of likely N-dealkylation sites (tertiary alicyclic amines) is 1. The molecular weight excluding hydrogens is 497 g/mol. The molecule has 0 unspecified atom stereocenters. The van der Waals surface area contributed by atoms with Crippen molar-refractivity contribution in [2.45, 2.75) is 64.3 Å². The van der Waals surface area contributed by atoms with Crippen LogP contribution in [0.3, 0.4) is 0 Å². The van der Waals surface area contributed by atoms with Gasteiger partial charge in [0.1, 0.15) is 10.8 Å². The summed E-state index contributed by atoms with van der Waals surface area (Å²) in [5.74, 6) is -1.65. The Morgan fingerprint density at radius 2 is 1.86 bits per heavy atom. The van der Waals surface area contributed by atoms with E-state index in [4.69, 9.17) is 14.9 Å². The van der Waals surface area contributed by atoms with Gasteiger partial charge in [0.2, 0.25) is 0 Å². The van der Waals surface area contributed by atoms with E-state index in [2.05, 4.69) is 35.2 Å². The number of alkyl halides is 3. The van der Waals surface area contributed by atoms with Crippen LogP contribution in [0.1, 0.15) is 55.0 Å². The first kappa shape index (κ1) is 27.9. The maximum Gasteiger partial charge on any atom is 0.490 e. The van der Waals surface area contributed by atoms with Crippen molar-refractivity contribution in [1.29, 1.82) is 0 Å². The van der Waals surface area contributed by atoms with Crippen molar-refractivity contribution in [3.63, 3.8) is 0 Å². The van der Waals surface area contributed by atoms with Crippen LogP contribution in [0.25, 0.3) is 0 Å². The number of carboxylic acids is 1. The summed E-state index contributed by atoms with van der Waals surface area (Å²) in [7, 11) is 3.66. The Bertz CT molecular complexity index is 1060. The van der Waals surface area contributed by atoms with E-state index < -0.39 is 12.1 Å². The van der Waals surface area contributed by atoms with Gasteiger partial charge in [-0.2, -0.15) is 13.2 Å². The number of piperidine rings is 1. The van der Waals surface area contributed by atoms with Crippen LogP contribution in [0, 0.1) is 6.92 Å². The summed E-state index contributed by atoms with van der Waals surface area (Å²) in [6, 6.07) is 0.498. The van der Waals surface area contributed by atoms with Gasteiger partial charge in [-0.05, 0) is 33.6 Å². The molecule has 13 heteroatoms. The van der Waals surface area contributed by atoms with Gasteiger partial charge < -0.3 is 19.5 Å². The van der Waals surface area contributed by atoms with Crippen molar-refractivity contribution < 1.29 is 27.9 Å². The van der Waals surface area contributed by atoms with Crippen LogP contribution in [0.5, 0.6) is 0 Å². The number of aryl methyl sites for hydroxylation is 1. The molecule has 36 heavy (non-hydrogen) atoms. The van der Waals surface area contributed by atoms with E-state index in [0.29, 0.717) is 6.04 Å². The first-order valence-corrected chi connectivity index (χ1v) is 12.6. The van der Waals surface area contributed by atoms with E-state index in [9.17, 15) is 18.0 Å². The molecule has 9 nitrogen and oxygen atoms in total. The number of amides is 2. The number of fused-ring (bicyclic) bond motifs is 2. The molecule has 0 radical (unpaired) electrons. The van der Waals surface area contributed by atoms with Gasteiger partial charge in [0.05, 0.1) is 17.9 Å². The highest BCUT2D eigenvalue weighted by Gasteiger charge is 2.46. The second-order valence-corrected chi connectivity index (χ2v) is 10.7. The van der Waals surface area contributed by atoms with E-state index >= 15 is 0 Å². The Hall–Kier alpha value is -2.67. The zero-order valence-corrected chi connectivity index (χ0v) is 22.0. The quantitative estimate of drug-likeness (QED) is 0.647. The molecule has 0 saturated carbocycles. The van der Waals surface area contributed by atoms with Gasteiger partial charge in [-0.1, -0.05) is 0 Å². The molecule has 0 aromatic carbocycles. The van der Waals surface area contributed by atoms with Gasteiger partial charge in [0, 0.05) is 63.3 Å². The minimum absolute atomic E-state index is 0.0127. The number of rotatable bonds is 3. The Labute approximate surface area is 212 Å². The minimum Gasteiger partial charge on any atom is -0.475 e. The highest BCUT2D eigenvalue weighted by Crippen LogP contribution is 2.43. The van der Waals surface area contributed by atoms with Crippen molar-refractivity contribution in [3.8, 4) is 0 Å². The number of halogens is 3. The number of hydrogen-bond donors (Lipinski definition) is 1. The summed E-state index contributed by atoms with van der Waals surface area (Å²) >= 11 is 1.72. The highest BCUT2D eigenvalue weighted by atomic mass is 32.1. The van der Waals surface area contributed by atoms with Crippen LogP contribution in [0.4, 0.5) is 18.0 Å². The molecule has 4 heterocycles. The molecule has 4 rings (SSSR count). The number of hydrogen-bond acceptors (Lipinski definition) is 6. The Balaban J connectivity index is 0.000000454. The van der Waals surface area contributed by atoms with Crippen LogP contribution in [0.15, 0.2) is 11.6 Å². The Morgan fingerprint density at radius 1 is 1.25 bits per heavy atom. The zero-order chi connectivity index (χ0) is 26.8. The maximum atomic E-state index is 12.5. The molecule has 0 bridgehead atoms. The van der Waals surface area contributed by atoms with Crippen molar-refractivity contribution in [2.75, 3.05) is 33.7 Å². The molecular formula is C23H33F3N6O3S. The third-order valence-corrected chi connectivity index (χ3v) is 7.33. The van der Waals surface area contributed by atoms with Crippen LogP contribution >= 0.6 is 11.3 Å². The topological polar surface area (TPSA) is 94.8 Å². The summed E-state index contributed by atoms with van der Waals surface area (Å²) in [5, 5.41) is 10.3. The lowest BCUT2D eigenvalue weighted by atomic mass is 9.72. The lowest BCUT2D eigenvalue weighted by molar-refractivity contribution is -0.192. The van der Waals surface area contributed by atoms with E-state index in [-0.39, 0.29) is 11.4 Å². The normalized spacial score (nSPS) is 17.5. The van der Waals surface area contributed by atoms with Gasteiger partial charge in [-0.3, -0.25) is 4.90 Å². The third kappa shape index (κ3) is 6.00. The summed E-state index contributed by atoms with van der Waals surface area (Å²) in [4.78, 5) is 37.2. The maximum absolute atomic E-state index is 12.5. The number of urea groups is 1. The SMILES string of the molecule is Cc1nc2c(n1C(C)C)CN(Cc1nccs1)CC21CCN(C(=O)N(C)C)CC1.O=C(O)C(F)(F)F. The van der Waals surface area contributed by atoms with Gasteiger partial charge in [-0.25, -0.2) is 19.6 Å². The van der Waals surface area contributed by atoms with Crippen LogP contribution < -0.4 is 0 Å². The summed E-state index contributed by atoms with van der Waals surface area (Å²) in [6.45, 7) is 10.9. The fraction of sp³-hybridized carbons (Fsp3) is 0.652. The number of aromatic nitrogens is 3. The summed E-state index contributed by atoms with van der Waals surface area (Å²) in [6.07, 6.45) is -1.27. The monoisotopic (exact) mass is 530 g/mol. The zero-order valence-electron chi connectivity index (χ0n) is 21.2. The third-order valence-electron chi connectivity index (χ3n) is 6.56. The Kier molecular flexibility index (Phi) is 8.33. The molecule has 200 valence electrons. The van der Waals surface area contributed by atoms with Gasteiger partial charge in [0.25, 0.3) is 0 Å². The van der Waals surface area contributed by atoms with Gasteiger partial charge in [-0.15, -0.1) is 11.3 Å². The van der Waals surface area contributed by atoms with Crippen LogP contribution in [-0.2, 0) is 23.3 Å². The molecule has 1 fully saturated rings. The standard InChI is InChI=1S/C21H32N6OS.C2HF3O2/c1-15(2)27-16(3)23-19-17(27)12-25(13-18-22-8-11-29-18)14-21(19)6-9-26(10-7-21)20(28)24(4)5;3-2(4,5)1(6)7/h8,11,15H,6-7,9-10,12-14H2,1-5H3;(H,6,7). The molecule has 2 aromatic heterocycles. The van der Waals surface area contributed by atoms with E-state index in [1.807, 2.05) is 30.6 Å². The van der Waals surface area contributed by atoms with Crippen molar-refractivity contribution in [2.24, 2.45) is 0 Å². The molecule has 1 spiro atoms. The fourth-order valence-electron chi connectivity index (χ4n) is 5.06. The largest absolute Gasteiger partial charge is 0.490 e. The molecule has 1 saturated heterocycles. The summed E-state index contributed by atoms with van der Waals surface area (Å²) in [5.41, 5.74) is 2.64. The number of nitrogens with zero attached hydrogens (tertiary/aromatic N) is 6. The molecule has 0 atom stereocenters. The lowest BCUT2D eigenvalue weighted by Gasteiger charge is -2.47. The number of thiazole rings is 1. The van der Waals surface area contributed by atoms with Crippen LogP contribution in [0.2, 0.25) is 0 Å². The van der Waals surface area contributed by atoms with E-state index in [1.54, 1.807) is 16.2 Å². The van der Waals surface area contributed by atoms with Crippen LogP contribution in [-0.4, -0.2) is 86.2 Å². The first-order valence-electron chi connectivity index (χ1n) is 11.7. The number of carbonyl (C=O) groups excluding carboxylic acids is 1. The predicted octanol–water partition coefficient (Wildman–Crippen LogP) is 3.89. The van der Waals surface area contributed by atoms with Crippen molar-refractivity contribution in [3.05, 3.63) is 33.8 Å². The predicted molar refractivity (Wildman–Crippen MR) is 129 cm³/mol. The number of aliphatic carboxylic acids is 1. The first-order chi connectivity index (χ1) is 16.7. The molecule has 2 aliphatic heterocycles. The number of imidazole rings is 1. The van der Waals surface area contributed by atoms with Crippen molar-refractivity contribution >= 4 is 23.3 Å². The average molecular weight is 531 g/mol. The second kappa shape index (κ2) is 10.8. The van der Waals surface area contributed by atoms with Gasteiger partial charge >= 0.3 is 18.2 Å². The van der Waals surface area contributed by atoms with Gasteiger partial charge in [0.15, 0.2) is 0 Å². The number of carboxylic acid groups (broad SMARTS) is 1. The fourth-order valence-corrected chi connectivity index (χ4v) is 5.72. The Morgan fingerprint density at radius 3 is 2.33 bits per heavy atom. The molecule has 2 amide bonds. The molecule has 1 N–H and O–H groups in total. The van der Waals surface area contributed by atoms with E-state index in [0.717, 1.165) is 56.4 Å².